The summed E-state index contributed by atoms with van der Waals surface area (Å²) in [7, 11) is 0. The molecule has 0 saturated heterocycles. The van der Waals surface area contributed by atoms with Gasteiger partial charge in [0.2, 0.25) is 0 Å². The van der Waals surface area contributed by atoms with Crippen LogP contribution in [0.4, 0.5) is 13.2 Å². The summed E-state index contributed by atoms with van der Waals surface area (Å²) < 4.78 is 37.5. The van der Waals surface area contributed by atoms with Crippen molar-refractivity contribution in [1.82, 2.24) is 4.98 Å². The van der Waals surface area contributed by atoms with Crippen LogP contribution in [0.5, 0.6) is 0 Å². The first kappa shape index (κ1) is 15.8. The number of carbonyl (C=O) groups is 1. The third-order valence-electron chi connectivity index (χ3n) is 2.82. The summed E-state index contributed by atoms with van der Waals surface area (Å²) in [6, 6.07) is 6.33. The molecule has 2 aromatic rings. The lowest BCUT2D eigenvalue weighted by Gasteiger charge is -2.09. The van der Waals surface area contributed by atoms with Gasteiger partial charge in [-0.2, -0.15) is 13.2 Å². The number of hydrogen-bond donors (Lipinski definition) is 0. The van der Waals surface area contributed by atoms with Gasteiger partial charge in [-0.3, -0.25) is 4.79 Å². The standard InChI is InChI=1S/C14H8Cl2F3NO/c1-7-2-3-8(6-10(7)15)12(21)9-4-5-11(14(17,18)19)20-13(9)16/h2-6H,1H3. The Morgan fingerprint density at radius 1 is 1.14 bits per heavy atom. The van der Waals surface area contributed by atoms with Crippen LogP contribution >= 0.6 is 23.2 Å². The molecule has 0 fully saturated rings. The van der Waals surface area contributed by atoms with Crippen LogP contribution < -0.4 is 0 Å². The van der Waals surface area contributed by atoms with Crippen LogP contribution in [0.2, 0.25) is 10.2 Å². The van der Waals surface area contributed by atoms with Gasteiger partial charge in [0.05, 0.1) is 5.56 Å². The maximum Gasteiger partial charge on any atom is 0.433 e. The lowest BCUT2D eigenvalue weighted by Crippen LogP contribution is -2.11. The monoisotopic (exact) mass is 333 g/mol. The number of rotatable bonds is 2. The average molecular weight is 334 g/mol. The van der Waals surface area contributed by atoms with Crippen LogP contribution in [0.1, 0.15) is 27.2 Å². The number of aromatic nitrogens is 1. The summed E-state index contributed by atoms with van der Waals surface area (Å²) in [5.74, 6) is -0.539. The van der Waals surface area contributed by atoms with Crippen LogP contribution in [-0.4, -0.2) is 10.8 Å². The second-order valence-corrected chi connectivity index (χ2v) is 5.09. The summed E-state index contributed by atoms with van der Waals surface area (Å²) in [5.41, 5.74) is -0.241. The van der Waals surface area contributed by atoms with Crippen molar-refractivity contribution in [3.8, 4) is 0 Å². The first-order valence-corrected chi connectivity index (χ1v) is 6.50. The quantitative estimate of drug-likeness (QED) is 0.575. The fraction of sp³-hybridized carbons (Fsp3) is 0.143. The number of benzene rings is 1. The molecule has 2 rings (SSSR count). The minimum atomic E-state index is -4.61. The molecule has 0 spiro atoms. The van der Waals surface area contributed by atoms with Gasteiger partial charge in [-0.25, -0.2) is 4.98 Å². The predicted octanol–water partition coefficient (Wildman–Crippen LogP) is 4.95. The molecule has 0 saturated carbocycles. The molecule has 1 aromatic carbocycles. The summed E-state index contributed by atoms with van der Waals surface area (Å²) in [5, 5.41) is -0.108. The normalized spacial score (nSPS) is 11.5. The number of nitrogens with zero attached hydrogens (tertiary/aromatic N) is 1. The summed E-state index contributed by atoms with van der Waals surface area (Å²) in [6.07, 6.45) is -4.61. The Labute approximate surface area is 128 Å². The lowest BCUT2D eigenvalue weighted by atomic mass is 10.0. The zero-order chi connectivity index (χ0) is 15.8. The largest absolute Gasteiger partial charge is 0.433 e. The van der Waals surface area contributed by atoms with Crippen LogP contribution in [0, 0.1) is 6.92 Å². The zero-order valence-corrected chi connectivity index (χ0v) is 12.1. The Morgan fingerprint density at radius 3 is 2.33 bits per heavy atom. The predicted molar refractivity (Wildman–Crippen MR) is 73.9 cm³/mol. The van der Waals surface area contributed by atoms with Crippen LogP contribution in [-0.2, 0) is 6.18 Å². The number of alkyl halides is 3. The molecule has 0 aliphatic carbocycles. The SMILES string of the molecule is Cc1ccc(C(=O)c2ccc(C(F)(F)F)nc2Cl)cc1Cl. The van der Waals surface area contributed by atoms with E-state index in [4.69, 9.17) is 23.2 Å². The van der Waals surface area contributed by atoms with E-state index in [2.05, 4.69) is 4.98 Å². The van der Waals surface area contributed by atoms with E-state index in [-0.39, 0.29) is 11.1 Å². The molecule has 0 aliphatic rings. The Bertz CT molecular complexity index is 714. The molecule has 2 nitrogen and oxygen atoms in total. The number of aryl methyl sites for hydroxylation is 1. The van der Waals surface area contributed by atoms with Crippen LogP contribution in [0.3, 0.4) is 0 Å². The van der Waals surface area contributed by atoms with Crippen molar-refractivity contribution >= 4 is 29.0 Å². The van der Waals surface area contributed by atoms with Gasteiger partial charge < -0.3 is 0 Å². The van der Waals surface area contributed by atoms with Gasteiger partial charge >= 0.3 is 6.18 Å². The minimum absolute atomic E-state index is 0.107. The van der Waals surface area contributed by atoms with Crippen molar-refractivity contribution in [3.63, 3.8) is 0 Å². The number of ketones is 1. The highest BCUT2D eigenvalue weighted by atomic mass is 35.5. The van der Waals surface area contributed by atoms with Gasteiger partial charge in [-0.15, -0.1) is 0 Å². The molecular formula is C14H8Cl2F3NO. The molecule has 21 heavy (non-hydrogen) atoms. The Balaban J connectivity index is 2.42. The zero-order valence-electron chi connectivity index (χ0n) is 10.6. The Hall–Kier alpha value is -1.59. The number of hydrogen-bond acceptors (Lipinski definition) is 2. The van der Waals surface area contributed by atoms with E-state index in [1.54, 1.807) is 13.0 Å². The third-order valence-corrected chi connectivity index (χ3v) is 3.51. The van der Waals surface area contributed by atoms with Gasteiger partial charge in [-0.05, 0) is 30.7 Å². The molecule has 0 atom stereocenters. The van der Waals surface area contributed by atoms with E-state index in [1.807, 2.05) is 0 Å². The van der Waals surface area contributed by atoms with E-state index in [1.165, 1.54) is 12.1 Å². The maximum atomic E-state index is 12.5. The smallest absolute Gasteiger partial charge is 0.288 e. The van der Waals surface area contributed by atoms with E-state index in [0.29, 0.717) is 5.02 Å². The molecule has 0 bridgehead atoms. The van der Waals surface area contributed by atoms with E-state index >= 15 is 0 Å². The first-order chi connectivity index (χ1) is 9.70. The topological polar surface area (TPSA) is 30.0 Å². The summed E-state index contributed by atoms with van der Waals surface area (Å²) >= 11 is 11.6. The number of carbonyl (C=O) groups excluding carboxylic acids is 1. The van der Waals surface area contributed by atoms with E-state index in [0.717, 1.165) is 17.7 Å². The molecule has 0 aliphatic heterocycles. The van der Waals surface area contributed by atoms with Crippen molar-refractivity contribution in [2.75, 3.05) is 0 Å². The molecule has 1 aromatic heterocycles. The second-order valence-electron chi connectivity index (χ2n) is 4.33. The average Bonchev–Trinajstić information content (AvgIpc) is 2.40. The molecular weight excluding hydrogens is 326 g/mol. The highest BCUT2D eigenvalue weighted by Gasteiger charge is 2.33. The Morgan fingerprint density at radius 2 is 1.81 bits per heavy atom. The van der Waals surface area contributed by atoms with E-state index in [9.17, 15) is 18.0 Å². The first-order valence-electron chi connectivity index (χ1n) is 5.74. The third kappa shape index (κ3) is 3.36. The van der Waals surface area contributed by atoms with Crippen LogP contribution in [0.25, 0.3) is 0 Å². The van der Waals surface area contributed by atoms with Crippen molar-refractivity contribution < 1.29 is 18.0 Å². The van der Waals surface area contributed by atoms with Crippen molar-refractivity contribution in [2.45, 2.75) is 13.1 Å². The molecule has 0 amide bonds. The van der Waals surface area contributed by atoms with Crippen molar-refractivity contribution in [3.05, 3.63) is 62.9 Å². The van der Waals surface area contributed by atoms with Gasteiger partial charge in [0.15, 0.2) is 5.78 Å². The number of halogens is 5. The van der Waals surface area contributed by atoms with Crippen LogP contribution in [0.15, 0.2) is 30.3 Å². The number of pyridine rings is 1. The molecule has 7 heteroatoms. The van der Waals surface area contributed by atoms with Gasteiger partial charge in [0, 0.05) is 10.6 Å². The molecule has 0 unspecified atom stereocenters. The fourth-order valence-electron chi connectivity index (χ4n) is 1.65. The Kier molecular flexibility index (Phi) is 4.25. The fourth-order valence-corrected chi connectivity index (χ4v) is 2.07. The summed E-state index contributed by atoms with van der Waals surface area (Å²) in [6.45, 7) is 1.77. The molecule has 0 N–H and O–H groups in total. The van der Waals surface area contributed by atoms with Crippen molar-refractivity contribution in [2.24, 2.45) is 0 Å². The van der Waals surface area contributed by atoms with Gasteiger partial charge in [0.25, 0.3) is 0 Å². The maximum absolute atomic E-state index is 12.5. The molecule has 110 valence electrons. The van der Waals surface area contributed by atoms with Crippen molar-refractivity contribution in [1.29, 1.82) is 0 Å². The summed E-state index contributed by atoms with van der Waals surface area (Å²) in [4.78, 5) is 15.4. The molecule has 1 heterocycles. The minimum Gasteiger partial charge on any atom is -0.288 e. The second kappa shape index (κ2) is 5.66. The van der Waals surface area contributed by atoms with Gasteiger partial charge in [0.1, 0.15) is 10.8 Å². The van der Waals surface area contributed by atoms with E-state index < -0.39 is 22.8 Å². The highest BCUT2D eigenvalue weighted by molar-refractivity contribution is 6.34. The lowest BCUT2D eigenvalue weighted by molar-refractivity contribution is -0.141. The highest BCUT2D eigenvalue weighted by Crippen LogP contribution is 2.30. The molecule has 0 radical (unpaired) electrons. The van der Waals surface area contributed by atoms with Gasteiger partial charge in [-0.1, -0.05) is 35.3 Å².